The molecule has 4 bridgehead atoms. The van der Waals surface area contributed by atoms with E-state index < -0.39 is 0 Å². The summed E-state index contributed by atoms with van der Waals surface area (Å²) >= 11 is 0. The molecule has 0 spiro atoms. The molecule has 31 heavy (non-hydrogen) atoms. The van der Waals surface area contributed by atoms with Gasteiger partial charge in [0.1, 0.15) is 18.1 Å². The van der Waals surface area contributed by atoms with Gasteiger partial charge >= 0.3 is 0 Å². The lowest BCUT2D eigenvalue weighted by Gasteiger charge is -2.59. The van der Waals surface area contributed by atoms with Crippen LogP contribution in [0.2, 0.25) is 0 Å². The molecule has 1 atom stereocenters. The van der Waals surface area contributed by atoms with Crippen LogP contribution >= 0.6 is 0 Å². The minimum Gasteiger partial charge on any atom is -0.485 e. The van der Waals surface area contributed by atoms with E-state index in [0.717, 1.165) is 41.1 Å². The van der Waals surface area contributed by atoms with Crippen molar-refractivity contribution in [1.82, 2.24) is 5.32 Å². The highest BCUT2D eigenvalue weighted by molar-refractivity contribution is 5.91. The minimum atomic E-state index is -0.0828. The van der Waals surface area contributed by atoms with Crippen molar-refractivity contribution >= 4 is 5.91 Å². The molecule has 4 saturated carbocycles. The summed E-state index contributed by atoms with van der Waals surface area (Å²) in [5.41, 5.74) is 2.56. The largest absolute Gasteiger partial charge is 0.485 e. The van der Waals surface area contributed by atoms with Gasteiger partial charge in [-0.2, -0.15) is 0 Å². The number of aryl methyl sites for hydroxylation is 2. The average Bonchev–Trinajstić information content (AvgIpc) is 3.20. The standard InChI is InChI=1S/C27H35NO3/c1-4-25(27-13-19-10-20(14-27)12-21(11-19)15-27)28-26(29)23-8-7-22(31-23)16-30-24-9-17(2)5-6-18(24)3/h5-9,19-21,25H,4,10-16H2,1-3H3,(H,28,29). The number of nitrogens with one attached hydrogen (secondary N) is 1. The molecule has 1 N–H and O–H groups in total. The molecule has 1 aromatic carbocycles. The third kappa shape index (κ3) is 4.02. The molecular formula is C27H35NO3. The van der Waals surface area contributed by atoms with Crippen LogP contribution in [-0.2, 0) is 6.61 Å². The molecule has 2 aromatic rings. The van der Waals surface area contributed by atoms with E-state index in [9.17, 15) is 4.79 Å². The smallest absolute Gasteiger partial charge is 0.287 e. The Bertz CT molecular complexity index is 924. The SMILES string of the molecule is CCC(NC(=O)c1ccc(COc2cc(C)ccc2C)o1)C12CC3CC(CC(C3)C1)C2. The molecule has 4 heteroatoms. The third-order valence-corrected chi connectivity index (χ3v) is 8.14. The van der Waals surface area contributed by atoms with E-state index in [1.165, 1.54) is 38.5 Å². The van der Waals surface area contributed by atoms with Crippen molar-refractivity contribution < 1.29 is 13.9 Å². The Balaban J connectivity index is 1.23. The topological polar surface area (TPSA) is 51.5 Å². The third-order valence-electron chi connectivity index (χ3n) is 8.14. The van der Waals surface area contributed by atoms with E-state index in [2.05, 4.69) is 31.3 Å². The molecule has 4 nitrogen and oxygen atoms in total. The molecule has 1 heterocycles. The van der Waals surface area contributed by atoms with Gasteiger partial charge in [-0.3, -0.25) is 4.79 Å². The summed E-state index contributed by atoms with van der Waals surface area (Å²) in [5, 5.41) is 3.37. The summed E-state index contributed by atoms with van der Waals surface area (Å²) < 4.78 is 11.8. The van der Waals surface area contributed by atoms with E-state index in [1.807, 2.05) is 19.1 Å². The van der Waals surface area contributed by atoms with Crippen LogP contribution in [0.5, 0.6) is 5.75 Å². The molecule has 4 aliphatic carbocycles. The molecule has 1 unspecified atom stereocenters. The summed E-state index contributed by atoms with van der Waals surface area (Å²) in [6, 6.07) is 10.0. The molecule has 0 aliphatic heterocycles. The normalized spacial score (nSPS) is 29.7. The fourth-order valence-corrected chi connectivity index (χ4v) is 7.11. The van der Waals surface area contributed by atoms with Gasteiger partial charge in [0.2, 0.25) is 0 Å². The molecule has 4 aliphatic rings. The van der Waals surface area contributed by atoms with E-state index >= 15 is 0 Å². The zero-order valence-electron chi connectivity index (χ0n) is 19.1. The fraction of sp³-hybridized carbons (Fsp3) is 0.593. The van der Waals surface area contributed by atoms with Crippen molar-refractivity contribution in [2.75, 3.05) is 0 Å². The van der Waals surface area contributed by atoms with Crippen LogP contribution in [-0.4, -0.2) is 11.9 Å². The number of hydrogen-bond acceptors (Lipinski definition) is 3. The summed E-state index contributed by atoms with van der Waals surface area (Å²) in [6.45, 7) is 6.62. The van der Waals surface area contributed by atoms with Gasteiger partial charge < -0.3 is 14.5 Å². The van der Waals surface area contributed by atoms with Crippen LogP contribution in [0.4, 0.5) is 0 Å². The highest BCUT2D eigenvalue weighted by atomic mass is 16.5. The van der Waals surface area contributed by atoms with E-state index in [4.69, 9.17) is 9.15 Å². The molecule has 1 aromatic heterocycles. The Morgan fingerprint density at radius 3 is 2.42 bits per heavy atom. The number of ether oxygens (including phenoxy) is 1. The monoisotopic (exact) mass is 421 g/mol. The number of amides is 1. The Kier molecular flexibility index (Phi) is 5.35. The summed E-state index contributed by atoms with van der Waals surface area (Å²) in [7, 11) is 0. The molecule has 4 fully saturated rings. The average molecular weight is 422 g/mol. The molecule has 0 radical (unpaired) electrons. The number of carbonyl (C=O) groups is 1. The van der Waals surface area contributed by atoms with Gasteiger partial charge in [0.05, 0.1) is 0 Å². The Hall–Kier alpha value is -2.23. The first-order chi connectivity index (χ1) is 14.9. The van der Waals surface area contributed by atoms with Gasteiger partial charge in [0, 0.05) is 6.04 Å². The maximum atomic E-state index is 13.0. The lowest BCUT2D eigenvalue weighted by Crippen LogP contribution is -2.56. The van der Waals surface area contributed by atoms with Crippen LogP contribution in [0.1, 0.15) is 79.3 Å². The van der Waals surface area contributed by atoms with E-state index in [-0.39, 0.29) is 11.9 Å². The second-order valence-electron chi connectivity index (χ2n) is 10.5. The molecular weight excluding hydrogens is 386 g/mol. The molecule has 0 saturated heterocycles. The zero-order valence-corrected chi connectivity index (χ0v) is 19.1. The van der Waals surface area contributed by atoms with Crippen LogP contribution in [0.3, 0.4) is 0 Å². The molecule has 6 rings (SSSR count). The first-order valence-corrected chi connectivity index (χ1v) is 12.0. The highest BCUT2D eigenvalue weighted by Gasteiger charge is 2.54. The van der Waals surface area contributed by atoms with Crippen molar-refractivity contribution in [3.8, 4) is 5.75 Å². The van der Waals surface area contributed by atoms with Gasteiger partial charge in [-0.15, -0.1) is 0 Å². The van der Waals surface area contributed by atoms with Crippen molar-refractivity contribution in [3.05, 3.63) is 53.0 Å². The first kappa shape index (κ1) is 20.7. The Labute approximate surface area is 185 Å². The lowest BCUT2D eigenvalue weighted by molar-refractivity contribution is -0.0728. The van der Waals surface area contributed by atoms with Gasteiger partial charge in [0.25, 0.3) is 5.91 Å². The number of hydrogen-bond donors (Lipinski definition) is 1. The first-order valence-electron chi connectivity index (χ1n) is 12.0. The van der Waals surface area contributed by atoms with E-state index in [1.54, 1.807) is 6.07 Å². The number of benzene rings is 1. The van der Waals surface area contributed by atoms with Crippen molar-refractivity contribution in [3.63, 3.8) is 0 Å². The van der Waals surface area contributed by atoms with E-state index in [0.29, 0.717) is 23.5 Å². The van der Waals surface area contributed by atoms with Crippen molar-refractivity contribution in [2.24, 2.45) is 23.2 Å². The van der Waals surface area contributed by atoms with Crippen molar-refractivity contribution in [1.29, 1.82) is 0 Å². The predicted molar refractivity (Wildman–Crippen MR) is 121 cm³/mol. The second kappa shape index (κ2) is 8.03. The second-order valence-corrected chi connectivity index (χ2v) is 10.5. The lowest BCUT2D eigenvalue weighted by atomic mass is 9.47. The van der Waals surface area contributed by atoms with Gasteiger partial charge in [-0.05, 0) is 111 Å². The summed E-state index contributed by atoms with van der Waals surface area (Å²) in [6.07, 6.45) is 9.14. The summed E-state index contributed by atoms with van der Waals surface area (Å²) in [4.78, 5) is 13.0. The fourth-order valence-electron chi connectivity index (χ4n) is 7.11. The quantitative estimate of drug-likeness (QED) is 0.579. The minimum absolute atomic E-state index is 0.0828. The van der Waals surface area contributed by atoms with Crippen LogP contribution in [0.25, 0.3) is 0 Å². The summed E-state index contributed by atoms with van der Waals surface area (Å²) in [5.74, 6) is 4.49. The van der Waals surface area contributed by atoms with Crippen LogP contribution < -0.4 is 10.1 Å². The Morgan fingerprint density at radius 2 is 1.77 bits per heavy atom. The van der Waals surface area contributed by atoms with Gasteiger partial charge in [0.15, 0.2) is 5.76 Å². The maximum Gasteiger partial charge on any atom is 0.287 e. The number of furan rings is 1. The van der Waals surface area contributed by atoms with Crippen LogP contribution in [0, 0.1) is 37.0 Å². The Morgan fingerprint density at radius 1 is 1.10 bits per heavy atom. The van der Waals surface area contributed by atoms with Gasteiger partial charge in [-0.1, -0.05) is 19.1 Å². The number of carbonyl (C=O) groups excluding carboxylic acids is 1. The van der Waals surface area contributed by atoms with Crippen LogP contribution in [0.15, 0.2) is 34.7 Å². The molecule has 1 amide bonds. The molecule has 166 valence electrons. The number of rotatable bonds is 7. The highest BCUT2D eigenvalue weighted by Crippen LogP contribution is 2.61. The van der Waals surface area contributed by atoms with Gasteiger partial charge in [-0.25, -0.2) is 0 Å². The zero-order chi connectivity index (χ0) is 21.6. The maximum absolute atomic E-state index is 13.0. The predicted octanol–water partition coefficient (Wildman–Crippen LogP) is 6.20. The van der Waals surface area contributed by atoms with Crippen molar-refractivity contribution in [2.45, 2.75) is 78.4 Å².